The van der Waals surface area contributed by atoms with Crippen LogP contribution in [0.2, 0.25) is 0 Å². The Morgan fingerprint density at radius 1 is 1.35 bits per heavy atom. The second-order valence-electron chi connectivity index (χ2n) is 6.93. The van der Waals surface area contributed by atoms with Gasteiger partial charge in [-0.1, -0.05) is 26.8 Å². The van der Waals surface area contributed by atoms with Crippen LogP contribution in [0.4, 0.5) is 5.82 Å². The highest BCUT2D eigenvalue weighted by Crippen LogP contribution is 2.39. The van der Waals surface area contributed by atoms with E-state index in [-0.39, 0.29) is 0 Å². The van der Waals surface area contributed by atoms with Gasteiger partial charge in [-0.2, -0.15) is 0 Å². The van der Waals surface area contributed by atoms with Crippen LogP contribution in [-0.2, 0) is 11.3 Å². The largest absolute Gasteiger partial charge is 0.373 e. The van der Waals surface area contributed by atoms with Gasteiger partial charge in [0.1, 0.15) is 5.82 Å². The van der Waals surface area contributed by atoms with Crippen molar-refractivity contribution in [2.75, 3.05) is 11.9 Å². The van der Waals surface area contributed by atoms with E-state index in [0.717, 1.165) is 23.8 Å². The van der Waals surface area contributed by atoms with Crippen LogP contribution < -0.4 is 5.32 Å². The Bertz CT molecular complexity index is 414. The lowest BCUT2D eigenvalue weighted by Crippen LogP contribution is -2.32. The van der Waals surface area contributed by atoms with Gasteiger partial charge in [-0.25, -0.2) is 4.98 Å². The monoisotopic (exact) mass is 276 g/mol. The second-order valence-corrected chi connectivity index (χ2v) is 6.93. The molecule has 2 atom stereocenters. The molecule has 3 heteroatoms. The highest BCUT2D eigenvalue weighted by Gasteiger charge is 2.32. The molecule has 0 amide bonds. The predicted octanol–water partition coefficient (Wildman–Crippen LogP) is 4.24. The molecule has 1 aliphatic rings. The number of nitrogens with zero attached hydrogens (tertiary/aromatic N) is 1. The van der Waals surface area contributed by atoms with Crippen LogP contribution >= 0.6 is 0 Å². The first kappa shape index (κ1) is 15.3. The molecule has 0 radical (unpaired) electrons. The van der Waals surface area contributed by atoms with Gasteiger partial charge >= 0.3 is 0 Å². The van der Waals surface area contributed by atoms with Gasteiger partial charge in [0.2, 0.25) is 0 Å². The van der Waals surface area contributed by atoms with Crippen molar-refractivity contribution in [1.82, 2.24) is 4.98 Å². The minimum absolute atomic E-state index is 0.391. The van der Waals surface area contributed by atoms with Crippen LogP contribution in [0.1, 0.15) is 52.5 Å². The summed E-state index contributed by atoms with van der Waals surface area (Å²) in [6.07, 6.45) is 5.97. The van der Waals surface area contributed by atoms with Crippen molar-refractivity contribution in [3.8, 4) is 0 Å². The fourth-order valence-corrected chi connectivity index (χ4v) is 3.40. The first-order valence-corrected chi connectivity index (χ1v) is 7.79. The third-order valence-electron chi connectivity index (χ3n) is 4.01. The SMILES string of the molecule is CCNc1ccc(COC2CC(C)CC(C)(C)C2)cn1. The zero-order valence-electron chi connectivity index (χ0n) is 13.3. The molecule has 1 aliphatic carbocycles. The van der Waals surface area contributed by atoms with E-state index in [0.29, 0.717) is 18.1 Å². The maximum absolute atomic E-state index is 6.11. The Morgan fingerprint density at radius 2 is 2.15 bits per heavy atom. The van der Waals surface area contributed by atoms with Gasteiger partial charge in [0.05, 0.1) is 12.7 Å². The number of ether oxygens (including phenoxy) is 1. The summed E-state index contributed by atoms with van der Waals surface area (Å²) >= 11 is 0. The van der Waals surface area contributed by atoms with E-state index in [9.17, 15) is 0 Å². The second kappa shape index (κ2) is 6.57. The summed E-state index contributed by atoms with van der Waals surface area (Å²) in [7, 11) is 0. The quantitative estimate of drug-likeness (QED) is 0.873. The molecule has 112 valence electrons. The molecule has 3 nitrogen and oxygen atoms in total. The van der Waals surface area contributed by atoms with Crippen LogP contribution in [0.15, 0.2) is 18.3 Å². The van der Waals surface area contributed by atoms with E-state index in [1.807, 2.05) is 12.3 Å². The van der Waals surface area contributed by atoms with Crippen molar-refractivity contribution in [3.05, 3.63) is 23.9 Å². The number of hydrogen-bond donors (Lipinski definition) is 1. The lowest BCUT2D eigenvalue weighted by atomic mass is 9.71. The summed E-state index contributed by atoms with van der Waals surface area (Å²) in [5, 5.41) is 3.20. The average molecular weight is 276 g/mol. The maximum Gasteiger partial charge on any atom is 0.125 e. The molecular weight excluding hydrogens is 248 g/mol. The minimum atomic E-state index is 0.391. The van der Waals surface area contributed by atoms with Crippen molar-refractivity contribution in [2.45, 2.75) is 59.7 Å². The first-order chi connectivity index (χ1) is 9.48. The zero-order valence-corrected chi connectivity index (χ0v) is 13.3. The molecule has 2 unspecified atom stereocenters. The van der Waals surface area contributed by atoms with E-state index in [4.69, 9.17) is 4.74 Å². The molecule has 1 heterocycles. The topological polar surface area (TPSA) is 34.1 Å². The minimum Gasteiger partial charge on any atom is -0.373 e. The Labute approximate surface area is 123 Å². The molecule has 0 spiro atoms. The van der Waals surface area contributed by atoms with Crippen LogP contribution in [0, 0.1) is 11.3 Å². The van der Waals surface area contributed by atoms with Gasteiger partial charge in [-0.05, 0) is 49.1 Å². The Balaban J connectivity index is 1.85. The van der Waals surface area contributed by atoms with Crippen molar-refractivity contribution < 1.29 is 4.74 Å². The first-order valence-electron chi connectivity index (χ1n) is 7.79. The molecule has 1 aromatic rings. The lowest BCUT2D eigenvalue weighted by Gasteiger charge is -2.38. The number of rotatable bonds is 5. The summed E-state index contributed by atoms with van der Waals surface area (Å²) in [6.45, 7) is 10.7. The molecule has 1 aromatic heterocycles. The van der Waals surface area contributed by atoms with Gasteiger partial charge in [0.25, 0.3) is 0 Å². The van der Waals surface area contributed by atoms with Crippen LogP contribution in [0.3, 0.4) is 0 Å². The summed E-state index contributed by atoms with van der Waals surface area (Å²) in [5.41, 5.74) is 1.57. The van der Waals surface area contributed by atoms with Gasteiger partial charge in [-0.3, -0.25) is 0 Å². The van der Waals surface area contributed by atoms with Crippen molar-refractivity contribution >= 4 is 5.82 Å². The number of pyridine rings is 1. The van der Waals surface area contributed by atoms with E-state index < -0.39 is 0 Å². The van der Waals surface area contributed by atoms with E-state index in [2.05, 4.69) is 44.1 Å². The summed E-state index contributed by atoms with van der Waals surface area (Å²) in [6, 6.07) is 4.12. The molecule has 1 saturated carbocycles. The highest BCUT2D eigenvalue weighted by molar-refractivity contribution is 5.34. The summed E-state index contributed by atoms with van der Waals surface area (Å²) < 4.78 is 6.11. The van der Waals surface area contributed by atoms with Gasteiger partial charge in [0, 0.05) is 12.7 Å². The fraction of sp³-hybridized carbons (Fsp3) is 0.706. The Kier molecular flexibility index (Phi) is 5.03. The molecule has 0 saturated heterocycles. The predicted molar refractivity (Wildman–Crippen MR) is 83.8 cm³/mol. The standard InChI is InChI=1S/C17H28N2O/c1-5-18-16-7-6-14(11-19-16)12-20-15-8-13(2)9-17(3,4)10-15/h6-7,11,13,15H,5,8-10,12H2,1-4H3,(H,18,19). The molecule has 20 heavy (non-hydrogen) atoms. The normalized spacial score (nSPS) is 25.4. The van der Waals surface area contributed by atoms with Crippen LogP contribution in [0.5, 0.6) is 0 Å². The molecule has 1 N–H and O–H groups in total. The van der Waals surface area contributed by atoms with Crippen molar-refractivity contribution in [3.63, 3.8) is 0 Å². The van der Waals surface area contributed by atoms with Gasteiger partial charge < -0.3 is 10.1 Å². The molecule has 0 bridgehead atoms. The number of aromatic nitrogens is 1. The average Bonchev–Trinajstić information content (AvgIpc) is 2.36. The third-order valence-corrected chi connectivity index (χ3v) is 4.01. The summed E-state index contributed by atoms with van der Waals surface area (Å²) in [4.78, 5) is 4.38. The van der Waals surface area contributed by atoms with Crippen molar-refractivity contribution in [2.24, 2.45) is 11.3 Å². The molecular formula is C17H28N2O. The maximum atomic E-state index is 6.11. The summed E-state index contributed by atoms with van der Waals surface area (Å²) in [5.74, 6) is 1.70. The zero-order chi connectivity index (χ0) is 14.6. The number of hydrogen-bond acceptors (Lipinski definition) is 3. The van der Waals surface area contributed by atoms with Crippen LogP contribution in [0.25, 0.3) is 0 Å². The molecule has 1 fully saturated rings. The van der Waals surface area contributed by atoms with E-state index in [1.165, 1.54) is 19.3 Å². The Hall–Kier alpha value is -1.09. The van der Waals surface area contributed by atoms with Crippen LogP contribution in [-0.4, -0.2) is 17.6 Å². The Morgan fingerprint density at radius 3 is 2.75 bits per heavy atom. The third kappa shape index (κ3) is 4.48. The van der Waals surface area contributed by atoms with Crippen molar-refractivity contribution in [1.29, 1.82) is 0 Å². The molecule has 0 aromatic carbocycles. The smallest absolute Gasteiger partial charge is 0.125 e. The number of nitrogens with one attached hydrogen (secondary N) is 1. The fourth-order valence-electron chi connectivity index (χ4n) is 3.40. The highest BCUT2D eigenvalue weighted by atomic mass is 16.5. The van der Waals surface area contributed by atoms with E-state index in [1.54, 1.807) is 0 Å². The molecule has 2 rings (SSSR count). The lowest BCUT2D eigenvalue weighted by molar-refractivity contribution is -0.0316. The van der Waals surface area contributed by atoms with Gasteiger partial charge in [-0.15, -0.1) is 0 Å². The van der Waals surface area contributed by atoms with E-state index >= 15 is 0 Å². The number of anilines is 1. The molecule has 0 aliphatic heterocycles. The van der Waals surface area contributed by atoms with Gasteiger partial charge in [0.15, 0.2) is 0 Å².